The summed E-state index contributed by atoms with van der Waals surface area (Å²) in [6, 6.07) is 26.6. The predicted octanol–water partition coefficient (Wildman–Crippen LogP) is 15.4. The number of hydrogen-bond acceptors (Lipinski definition) is 8. The highest BCUT2D eigenvalue weighted by Crippen LogP contribution is 2.52. The molecule has 0 bridgehead atoms. The van der Waals surface area contributed by atoms with Crippen LogP contribution in [0.25, 0.3) is 0 Å². The first-order chi connectivity index (χ1) is 42.1. The van der Waals surface area contributed by atoms with Crippen molar-refractivity contribution in [2.75, 3.05) is 72.1 Å². The third-order valence-corrected chi connectivity index (χ3v) is 21.6. The van der Waals surface area contributed by atoms with Crippen LogP contribution in [0.2, 0.25) is 0 Å². The molecule has 3 N–H and O–H groups in total. The van der Waals surface area contributed by atoms with Gasteiger partial charge in [0.05, 0.1) is 36.8 Å². The van der Waals surface area contributed by atoms with Gasteiger partial charge in [-0.3, -0.25) is 19.2 Å². The van der Waals surface area contributed by atoms with Crippen molar-refractivity contribution in [2.45, 2.75) is 259 Å². The van der Waals surface area contributed by atoms with Crippen molar-refractivity contribution >= 4 is 23.6 Å². The number of hydrogen-bond donors (Lipinski definition) is 3. The van der Waals surface area contributed by atoms with Crippen molar-refractivity contribution in [3.63, 3.8) is 0 Å². The molecule has 0 saturated carbocycles. The van der Waals surface area contributed by atoms with Gasteiger partial charge in [0.2, 0.25) is 23.6 Å². The maximum absolute atomic E-state index is 13.0. The Kier molecular flexibility index (Phi) is 24.0. The second-order valence-corrected chi connectivity index (χ2v) is 32.6. The molecule has 4 heterocycles. The second-order valence-electron chi connectivity index (χ2n) is 32.6. The first-order valence-corrected chi connectivity index (χ1v) is 35.3. The van der Waals surface area contributed by atoms with Gasteiger partial charge in [-0.05, 0) is 255 Å². The highest BCUT2D eigenvalue weighted by molar-refractivity contribution is 5.87. The van der Waals surface area contributed by atoms with Gasteiger partial charge in [-0.15, -0.1) is 0 Å². The fraction of sp³-hybridized carbons (Fsp3) is 0.714. The third kappa shape index (κ3) is 19.0. The van der Waals surface area contributed by atoms with Crippen LogP contribution in [0.1, 0.15) is 268 Å². The van der Waals surface area contributed by atoms with E-state index in [4.69, 9.17) is 4.74 Å². The Morgan fingerprint density at radius 2 is 1.00 bits per heavy atom. The summed E-state index contributed by atoms with van der Waals surface area (Å²) < 4.78 is 5.73. The molecular weight excluding hydrogens is 1100 g/mol. The van der Waals surface area contributed by atoms with Gasteiger partial charge in [0.15, 0.2) is 0 Å². The number of nitrogens with one attached hydrogen (secondary N) is 3. The number of likely N-dealkylation sites (tertiary alicyclic amines) is 4. The Morgan fingerprint density at radius 3 is 1.42 bits per heavy atom. The van der Waals surface area contributed by atoms with Crippen LogP contribution in [-0.4, -0.2) is 127 Å². The van der Waals surface area contributed by atoms with Crippen molar-refractivity contribution in [1.82, 2.24) is 35.6 Å². The van der Waals surface area contributed by atoms with E-state index in [0.717, 1.165) is 64.1 Å². The van der Waals surface area contributed by atoms with E-state index in [9.17, 15) is 19.2 Å². The lowest BCUT2D eigenvalue weighted by atomic mass is 9.63. The molecule has 1 unspecified atom stereocenters. The van der Waals surface area contributed by atoms with Crippen LogP contribution in [0.3, 0.4) is 0 Å². The zero-order chi connectivity index (χ0) is 64.4. The minimum Gasteiger partial charge on any atom is -0.375 e. The minimum absolute atomic E-state index is 0. The van der Waals surface area contributed by atoms with E-state index in [0.29, 0.717) is 41.2 Å². The maximum atomic E-state index is 13.0. The molecular formula is C77H127N7O5. The molecule has 0 radical (unpaired) electrons. The molecule has 3 spiro atoms. The van der Waals surface area contributed by atoms with Crippen molar-refractivity contribution in [3.05, 3.63) is 106 Å². The quantitative estimate of drug-likeness (QED) is 0.129. The smallest absolute Gasteiger partial charge is 0.243 e. The zero-order valence-electron chi connectivity index (χ0n) is 58.2. The lowest BCUT2D eigenvalue weighted by Gasteiger charge is -2.48. The summed E-state index contributed by atoms with van der Waals surface area (Å²) in [4.78, 5) is 59.7. The van der Waals surface area contributed by atoms with Crippen molar-refractivity contribution in [1.29, 1.82) is 0 Å². The highest BCUT2D eigenvalue weighted by Gasteiger charge is 2.46. The first kappa shape index (κ1) is 70.3. The molecule has 4 amide bonds. The van der Waals surface area contributed by atoms with E-state index in [1.807, 2.05) is 34.6 Å². The Morgan fingerprint density at radius 1 is 0.573 bits per heavy atom. The number of benzene rings is 3. The van der Waals surface area contributed by atoms with Gasteiger partial charge in [-0.2, -0.15) is 0 Å². The maximum Gasteiger partial charge on any atom is 0.243 e. The monoisotopic (exact) mass is 1230 g/mol. The number of amides is 4. The number of nitrogens with zero attached hydrogens (tertiary/aromatic N) is 4. The molecule has 3 aromatic rings. The molecule has 7 aliphatic rings. The zero-order valence-corrected chi connectivity index (χ0v) is 58.2. The predicted molar refractivity (Wildman–Crippen MR) is 371 cm³/mol. The van der Waals surface area contributed by atoms with Crippen LogP contribution in [0, 0.1) is 22.7 Å². The van der Waals surface area contributed by atoms with Crippen LogP contribution in [0.5, 0.6) is 0 Å². The molecule has 12 heteroatoms. The summed E-state index contributed by atoms with van der Waals surface area (Å²) in [5.41, 5.74) is 9.94. The van der Waals surface area contributed by atoms with E-state index < -0.39 is 6.04 Å². The van der Waals surface area contributed by atoms with Crippen LogP contribution in [0.4, 0.5) is 0 Å². The van der Waals surface area contributed by atoms with Crippen LogP contribution in [0.15, 0.2) is 72.8 Å². The Labute approximate surface area is 544 Å². The van der Waals surface area contributed by atoms with Gasteiger partial charge in [0, 0.05) is 24.2 Å². The minimum atomic E-state index is -0.499. The highest BCUT2D eigenvalue weighted by atomic mass is 16.5. The summed E-state index contributed by atoms with van der Waals surface area (Å²) >= 11 is 0. The van der Waals surface area contributed by atoms with Gasteiger partial charge in [-0.1, -0.05) is 142 Å². The summed E-state index contributed by atoms with van der Waals surface area (Å²) in [5.74, 6) is 1.05. The number of carbonyl (C=O) groups is 4. The molecule has 0 aromatic heterocycles. The number of carbonyl (C=O) groups excluding carboxylic acids is 4. The molecule has 4 atom stereocenters. The number of piperidine rings is 3. The molecule has 4 saturated heterocycles. The molecule has 89 heavy (non-hydrogen) atoms. The fourth-order valence-corrected chi connectivity index (χ4v) is 15.9. The molecule has 4 fully saturated rings. The van der Waals surface area contributed by atoms with Crippen molar-refractivity contribution in [3.8, 4) is 0 Å². The summed E-state index contributed by atoms with van der Waals surface area (Å²) in [5, 5.41) is 9.39. The van der Waals surface area contributed by atoms with E-state index in [1.165, 1.54) is 151 Å². The Balaban J connectivity index is 0.000000248. The van der Waals surface area contributed by atoms with E-state index in [1.54, 1.807) is 5.56 Å². The number of rotatable bonds is 16. The van der Waals surface area contributed by atoms with Crippen molar-refractivity contribution < 1.29 is 28.2 Å². The average Bonchev–Trinajstić information content (AvgIpc) is 0.906. The normalized spacial score (nSPS) is 22.9. The largest absolute Gasteiger partial charge is 0.375 e. The molecule has 3 aliphatic carbocycles. The van der Waals surface area contributed by atoms with E-state index in [2.05, 4.69) is 164 Å². The molecule has 500 valence electrons. The van der Waals surface area contributed by atoms with Crippen molar-refractivity contribution in [2.24, 2.45) is 22.7 Å². The van der Waals surface area contributed by atoms with Crippen LogP contribution in [-0.2, 0) is 40.2 Å². The molecule has 3 aromatic carbocycles. The van der Waals surface area contributed by atoms with Gasteiger partial charge < -0.3 is 40.3 Å². The lowest BCUT2D eigenvalue weighted by molar-refractivity contribution is -0.130. The van der Waals surface area contributed by atoms with Crippen LogP contribution < -0.4 is 16.0 Å². The summed E-state index contributed by atoms with van der Waals surface area (Å²) in [7, 11) is 0. The lowest BCUT2D eigenvalue weighted by Crippen LogP contribution is -2.51. The van der Waals surface area contributed by atoms with Gasteiger partial charge in [-0.25, -0.2) is 0 Å². The fourth-order valence-electron chi connectivity index (χ4n) is 15.9. The van der Waals surface area contributed by atoms with Gasteiger partial charge in [0.1, 0.15) is 6.04 Å². The average molecular weight is 1230 g/mol. The SMILES string of the molecule is CC(=O)NC(C(=O)N[C@@H]1CCC2(CCN(CCC(C)(C)C)CC2)c2ccccc21)C(C)C.CC(C)(C)CCN1CCC2(CC[C@H](NC(=O)CCOC(C)(C)C)c3ccccc32)CC1.CC(C)CCN1CCC2(CC[C@H](N3CCCC3=O)c3ccccc32)CC1.[HH].[HH].[HH]. The van der Waals surface area contributed by atoms with Gasteiger partial charge >= 0.3 is 0 Å². The summed E-state index contributed by atoms with van der Waals surface area (Å²) in [6.45, 7) is 42.3. The summed E-state index contributed by atoms with van der Waals surface area (Å²) in [6.07, 6.45) is 20.0. The number of fused-ring (bicyclic) bond motifs is 6. The van der Waals surface area contributed by atoms with E-state index >= 15 is 0 Å². The van der Waals surface area contributed by atoms with Crippen LogP contribution >= 0.6 is 0 Å². The van der Waals surface area contributed by atoms with Gasteiger partial charge in [0.25, 0.3) is 0 Å². The molecule has 12 nitrogen and oxygen atoms in total. The topological polar surface area (TPSA) is 127 Å². The standard InChI is InChI=1S/C27H43N3O2.C27H44N2O2.C23H34N2O.3H2/c1-19(2)24(28-20(3)31)25(32)29-23-11-12-27(22-10-8-7-9-21(22)23)14-17-30(18-15-27)16-13-26(4,5)6;1-25(2,3)14-17-29-18-15-27(16-19-29)13-11-23(21-9-7-8-10-22(21)27)28-24(30)12-20-31-26(4,5)6;1-18(2)10-15-24-16-12-23(13-17-24)11-9-21(25-14-5-8-22(25)26)19-6-3-4-7-20(19)23;;;/h7-10,19,23-24H,11-18H2,1-6H3,(H,28,31)(H,29,32);7-10,23H,11-20H2,1-6H3,(H,28,30);3-4,6-7,18,21H,5,8-17H2,1-2H3;3*1H/t23-,24?;23-;21-;;;/m100.../s1. The Hall–Kier alpha value is -4.62. The Bertz CT molecular complexity index is 2800. The third-order valence-electron chi connectivity index (χ3n) is 21.6. The molecule has 10 rings (SSSR count). The number of ether oxygens (including phenoxy) is 1. The molecule has 4 aliphatic heterocycles. The van der Waals surface area contributed by atoms with E-state index in [-0.39, 0.29) is 56.4 Å². The second kappa shape index (κ2) is 30.4. The first-order valence-electron chi connectivity index (χ1n) is 35.3.